The highest BCUT2D eigenvalue weighted by Gasteiger charge is 2.31. The molecule has 4 rings (SSSR count). The highest BCUT2D eigenvalue weighted by Crippen LogP contribution is 2.29. The zero-order valence-corrected chi connectivity index (χ0v) is 16.2. The zero-order chi connectivity index (χ0) is 20.6. The monoisotopic (exact) mass is 400 g/mol. The molecular weight excluding hydrogens is 380 g/mol. The molecule has 0 amide bonds. The molecule has 0 bridgehead atoms. The van der Waals surface area contributed by atoms with Crippen LogP contribution in [0.15, 0.2) is 42.6 Å². The van der Waals surface area contributed by atoms with E-state index in [1.54, 1.807) is 18.3 Å². The van der Waals surface area contributed by atoms with Crippen LogP contribution in [0.2, 0.25) is 0 Å². The number of alkyl halides is 3. The molecule has 0 N–H and O–H groups in total. The number of fused-ring (bicyclic) bond motifs is 1. The van der Waals surface area contributed by atoms with Crippen LogP contribution in [-0.4, -0.2) is 40.2 Å². The van der Waals surface area contributed by atoms with Crippen LogP contribution in [0.4, 0.5) is 13.2 Å². The molecular formula is C20H20BF3N4O. The Labute approximate surface area is 167 Å². The molecule has 0 radical (unpaired) electrons. The number of aromatic nitrogens is 3. The summed E-state index contributed by atoms with van der Waals surface area (Å²) in [6.07, 6.45) is -2.07. The van der Waals surface area contributed by atoms with Gasteiger partial charge in [0.2, 0.25) is 0 Å². The first kappa shape index (κ1) is 19.5. The van der Waals surface area contributed by atoms with Crippen molar-refractivity contribution >= 4 is 13.4 Å². The number of hydrogen-bond acceptors (Lipinski definition) is 4. The lowest BCUT2D eigenvalue weighted by Crippen LogP contribution is -2.33. The summed E-state index contributed by atoms with van der Waals surface area (Å²) in [6, 6.07) is 9.88. The van der Waals surface area contributed by atoms with Crippen molar-refractivity contribution in [2.45, 2.75) is 25.9 Å². The smallest absolute Gasteiger partial charge is 0.406 e. The summed E-state index contributed by atoms with van der Waals surface area (Å²) in [7, 11) is 3.96. The van der Waals surface area contributed by atoms with Crippen LogP contribution in [0.1, 0.15) is 17.0 Å². The van der Waals surface area contributed by atoms with Gasteiger partial charge in [0.15, 0.2) is 7.85 Å². The first-order valence-corrected chi connectivity index (χ1v) is 9.33. The quantitative estimate of drug-likeness (QED) is 0.630. The van der Waals surface area contributed by atoms with Gasteiger partial charge in [-0.05, 0) is 41.5 Å². The van der Waals surface area contributed by atoms with Crippen LogP contribution in [0.3, 0.4) is 0 Å². The molecule has 1 aliphatic heterocycles. The SMILES string of the molecule is Bc1ncccc1CN1CCc2nc(-c3ccc(OC(F)(F)F)cc3)n(C)c2C1. The van der Waals surface area contributed by atoms with Crippen molar-refractivity contribution in [3.05, 3.63) is 59.5 Å². The molecule has 2 aromatic heterocycles. The number of rotatable bonds is 4. The standard InChI is InChI=1S/C20H20BF3N4O/c1-27-17-12-28(11-14-3-2-9-25-18(14)21)10-8-16(17)26-19(27)13-4-6-15(7-5-13)29-20(22,23)24/h2-7,9H,8,10-12,21H2,1H3. The maximum atomic E-state index is 12.4. The molecule has 0 atom stereocenters. The normalized spacial score (nSPS) is 14.6. The number of nitrogens with zero attached hydrogens (tertiary/aromatic N) is 4. The first-order chi connectivity index (χ1) is 13.8. The van der Waals surface area contributed by atoms with E-state index >= 15 is 0 Å². The van der Waals surface area contributed by atoms with E-state index in [0.29, 0.717) is 0 Å². The Morgan fingerprint density at radius 2 is 1.93 bits per heavy atom. The number of ether oxygens (including phenoxy) is 1. The number of imidazole rings is 1. The maximum absolute atomic E-state index is 12.4. The molecule has 0 spiro atoms. The lowest BCUT2D eigenvalue weighted by atomic mass is 9.97. The second-order valence-electron chi connectivity index (χ2n) is 7.17. The molecule has 0 saturated heterocycles. The van der Waals surface area contributed by atoms with E-state index in [-0.39, 0.29) is 5.75 Å². The van der Waals surface area contributed by atoms with Crippen LogP contribution < -0.4 is 10.3 Å². The molecule has 150 valence electrons. The summed E-state index contributed by atoms with van der Waals surface area (Å²) < 4.78 is 43.0. The van der Waals surface area contributed by atoms with Gasteiger partial charge < -0.3 is 9.30 Å². The van der Waals surface area contributed by atoms with Crippen LogP contribution >= 0.6 is 0 Å². The summed E-state index contributed by atoms with van der Waals surface area (Å²) in [5, 5.41) is 0. The van der Waals surface area contributed by atoms with Gasteiger partial charge in [-0.2, -0.15) is 0 Å². The van der Waals surface area contributed by atoms with Gasteiger partial charge in [0.1, 0.15) is 11.6 Å². The average Bonchev–Trinajstić information content (AvgIpc) is 2.99. The largest absolute Gasteiger partial charge is 0.573 e. The third-order valence-corrected chi connectivity index (χ3v) is 5.19. The second-order valence-corrected chi connectivity index (χ2v) is 7.17. The van der Waals surface area contributed by atoms with Crippen molar-refractivity contribution in [2.24, 2.45) is 7.05 Å². The highest BCUT2D eigenvalue weighted by molar-refractivity contribution is 6.31. The predicted molar refractivity (Wildman–Crippen MR) is 106 cm³/mol. The predicted octanol–water partition coefficient (Wildman–Crippen LogP) is 2.20. The van der Waals surface area contributed by atoms with E-state index in [4.69, 9.17) is 4.98 Å². The van der Waals surface area contributed by atoms with Gasteiger partial charge in [-0.3, -0.25) is 9.88 Å². The zero-order valence-electron chi connectivity index (χ0n) is 16.2. The fourth-order valence-electron chi connectivity index (χ4n) is 3.67. The Morgan fingerprint density at radius 3 is 2.62 bits per heavy atom. The maximum Gasteiger partial charge on any atom is 0.573 e. The van der Waals surface area contributed by atoms with E-state index in [1.807, 2.05) is 25.5 Å². The van der Waals surface area contributed by atoms with Gasteiger partial charge in [-0.25, -0.2) is 4.98 Å². The fraction of sp³-hybridized carbons (Fsp3) is 0.300. The average molecular weight is 400 g/mol. The van der Waals surface area contributed by atoms with Crippen molar-refractivity contribution in [1.29, 1.82) is 0 Å². The van der Waals surface area contributed by atoms with E-state index in [0.717, 1.165) is 54.4 Å². The summed E-state index contributed by atoms with van der Waals surface area (Å²) >= 11 is 0. The number of benzene rings is 1. The summed E-state index contributed by atoms with van der Waals surface area (Å²) in [5.74, 6) is 0.506. The van der Waals surface area contributed by atoms with Crippen molar-refractivity contribution < 1.29 is 17.9 Å². The number of hydrogen-bond donors (Lipinski definition) is 0. The number of pyridine rings is 1. The van der Waals surface area contributed by atoms with Crippen molar-refractivity contribution in [3.8, 4) is 17.1 Å². The Morgan fingerprint density at radius 1 is 1.17 bits per heavy atom. The molecule has 1 aromatic carbocycles. The van der Waals surface area contributed by atoms with Gasteiger partial charge in [0.05, 0.1) is 11.4 Å². The molecule has 0 fully saturated rings. The van der Waals surface area contributed by atoms with Gasteiger partial charge in [0, 0.05) is 44.9 Å². The minimum absolute atomic E-state index is 0.238. The van der Waals surface area contributed by atoms with Gasteiger partial charge in [-0.1, -0.05) is 6.07 Å². The van der Waals surface area contributed by atoms with Crippen molar-refractivity contribution in [3.63, 3.8) is 0 Å². The third kappa shape index (κ3) is 4.29. The van der Waals surface area contributed by atoms with E-state index < -0.39 is 6.36 Å². The Balaban J connectivity index is 1.53. The second kappa shape index (κ2) is 7.55. The van der Waals surface area contributed by atoms with Crippen LogP contribution in [0, 0.1) is 0 Å². The van der Waals surface area contributed by atoms with Crippen molar-refractivity contribution in [2.75, 3.05) is 6.54 Å². The van der Waals surface area contributed by atoms with Gasteiger partial charge in [0.25, 0.3) is 0 Å². The molecule has 9 heteroatoms. The minimum Gasteiger partial charge on any atom is -0.406 e. The molecule has 29 heavy (non-hydrogen) atoms. The number of halogens is 3. The van der Waals surface area contributed by atoms with Gasteiger partial charge in [-0.15, -0.1) is 13.2 Å². The topological polar surface area (TPSA) is 43.2 Å². The molecule has 1 aliphatic rings. The fourth-order valence-corrected chi connectivity index (χ4v) is 3.67. The van der Waals surface area contributed by atoms with Gasteiger partial charge >= 0.3 is 6.36 Å². The van der Waals surface area contributed by atoms with E-state index in [2.05, 4.69) is 20.7 Å². The molecule has 0 aliphatic carbocycles. The first-order valence-electron chi connectivity index (χ1n) is 9.33. The highest BCUT2D eigenvalue weighted by atomic mass is 19.4. The van der Waals surface area contributed by atoms with Crippen LogP contribution in [0.25, 0.3) is 11.4 Å². The lowest BCUT2D eigenvalue weighted by molar-refractivity contribution is -0.274. The molecule has 0 unspecified atom stereocenters. The summed E-state index contributed by atoms with van der Waals surface area (Å²) in [4.78, 5) is 11.5. The molecule has 5 nitrogen and oxygen atoms in total. The molecule has 3 heterocycles. The third-order valence-electron chi connectivity index (χ3n) is 5.19. The molecule has 0 saturated carbocycles. The Hall–Kier alpha value is -2.81. The lowest BCUT2D eigenvalue weighted by Gasteiger charge is -2.27. The van der Waals surface area contributed by atoms with E-state index in [1.165, 1.54) is 17.7 Å². The summed E-state index contributed by atoms with van der Waals surface area (Å²) in [6.45, 7) is 2.49. The van der Waals surface area contributed by atoms with Crippen LogP contribution in [0.5, 0.6) is 5.75 Å². The van der Waals surface area contributed by atoms with Crippen molar-refractivity contribution in [1.82, 2.24) is 19.4 Å². The van der Waals surface area contributed by atoms with E-state index in [9.17, 15) is 13.2 Å². The molecule has 3 aromatic rings. The minimum atomic E-state index is -4.69. The Kier molecular flexibility index (Phi) is 5.08. The summed E-state index contributed by atoms with van der Waals surface area (Å²) in [5.41, 5.74) is 5.16. The Bertz CT molecular complexity index is 1020. The van der Waals surface area contributed by atoms with Crippen LogP contribution in [-0.2, 0) is 26.6 Å².